The van der Waals surface area contributed by atoms with E-state index in [2.05, 4.69) is 28.6 Å². The van der Waals surface area contributed by atoms with Gasteiger partial charge in [-0.05, 0) is 36.6 Å². The molecular formula is C22H23N3O. The Morgan fingerprint density at radius 1 is 1.04 bits per heavy atom. The number of aryl methyl sites for hydroxylation is 2. The lowest BCUT2D eigenvalue weighted by atomic mass is 10.1. The number of carbonyl (C=O) groups excluding carboxylic acids is 1. The summed E-state index contributed by atoms with van der Waals surface area (Å²) in [6.07, 6.45) is 4.25. The second-order valence-electron chi connectivity index (χ2n) is 6.27. The first-order valence-corrected chi connectivity index (χ1v) is 8.79. The smallest absolute Gasteiger partial charge is 0.253 e. The standard InChI is InChI=1S/C22H23N3O/c1-3-18-6-4-5-7-21(18)25-20-12-19(14-23-15-20)22(26)24-13-17-10-8-16(2)9-11-17/h4-12,14-15,25H,3,13H2,1-2H3,(H,24,26). The molecule has 1 aromatic heterocycles. The topological polar surface area (TPSA) is 54.0 Å². The molecule has 0 atom stereocenters. The molecule has 0 aliphatic heterocycles. The van der Waals surface area contributed by atoms with Gasteiger partial charge in [-0.25, -0.2) is 0 Å². The van der Waals surface area contributed by atoms with Gasteiger partial charge in [0.25, 0.3) is 5.91 Å². The third-order valence-electron chi connectivity index (χ3n) is 4.25. The van der Waals surface area contributed by atoms with Crippen LogP contribution in [0.3, 0.4) is 0 Å². The van der Waals surface area contributed by atoms with Crippen molar-refractivity contribution in [3.63, 3.8) is 0 Å². The molecule has 4 nitrogen and oxygen atoms in total. The molecule has 3 rings (SSSR count). The largest absolute Gasteiger partial charge is 0.354 e. The molecule has 0 bridgehead atoms. The molecule has 3 aromatic rings. The lowest BCUT2D eigenvalue weighted by Gasteiger charge is -2.11. The molecule has 0 saturated heterocycles. The van der Waals surface area contributed by atoms with Crippen LogP contribution in [0, 0.1) is 6.92 Å². The van der Waals surface area contributed by atoms with E-state index in [0.29, 0.717) is 12.1 Å². The third-order valence-corrected chi connectivity index (χ3v) is 4.25. The van der Waals surface area contributed by atoms with Gasteiger partial charge >= 0.3 is 0 Å². The highest BCUT2D eigenvalue weighted by molar-refractivity contribution is 5.94. The number of nitrogens with one attached hydrogen (secondary N) is 2. The molecule has 26 heavy (non-hydrogen) atoms. The fourth-order valence-corrected chi connectivity index (χ4v) is 2.73. The molecule has 0 unspecified atom stereocenters. The minimum Gasteiger partial charge on any atom is -0.354 e. The van der Waals surface area contributed by atoms with Crippen molar-refractivity contribution < 1.29 is 4.79 Å². The highest BCUT2D eigenvalue weighted by atomic mass is 16.1. The van der Waals surface area contributed by atoms with Gasteiger partial charge < -0.3 is 10.6 Å². The van der Waals surface area contributed by atoms with E-state index >= 15 is 0 Å². The minimum atomic E-state index is -0.134. The molecule has 0 saturated carbocycles. The molecular weight excluding hydrogens is 322 g/mol. The molecule has 0 radical (unpaired) electrons. The number of rotatable bonds is 6. The van der Waals surface area contributed by atoms with E-state index in [0.717, 1.165) is 23.4 Å². The summed E-state index contributed by atoms with van der Waals surface area (Å²) >= 11 is 0. The van der Waals surface area contributed by atoms with Gasteiger partial charge in [0.2, 0.25) is 0 Å². The predicted molar refractivity (Wildman–Crippen MR) is 106 cm³/mol. The van der Waals surface area contributed by atoms with Crippen LogP contribution in [0.1, 0.15) is 34.0 Å². The monoisotopic (exact) mass is 345 g/mol. The minimum absolute atomic E-state index is 0.134. The first kappa shape index (κ1) is 17.7. The second-order valence-corrected chi connectivity index (χ2v) is 6.27. The first-order valence-electron chi connectivity index (χ1n) is 8.79. The second kappa shape index (κ2) is 8.30. The maximum absolute atomic E-state index is 12.4. The summed E-state index contributed by atoms with van der Waals surface area (Å²) in [7, 11) is 0. The summed E-state index contributed by atoms with van der Waals surface area (Å²) in [5, 5.41) is 6.30. The van der Waals surface area contributed by atoms with Gasteiger partial charge in [0.05, 0.1) is 17.4 Å². The Balaban J connectivity index is 1.68. The van der Waals surface area contributed by atoms with Gasteiger partial charge in [-0.3, -0.25) is 9.78 Å². The van der Waals surface area contributed by atoms with Crippen molar-refractivity contribution in [1.82, 2.24) is 10.3 Å². The van der Waals surface area contributed by atoms with Crippen LogP contribution in [0.2, 0.25) is 0 Å². The molecule has 2 N–H and O–H groups in total. The molecule has 0 spiro atoms. The molecule has 2 aromatic carbocycles. The Morgan fingerprint density at radius 3 is 2.58 bits per heavy atom. The zero-order valence-corrected chi connectivity index (χ0v) is 15.1. The summed E-state index contributed by atoms with van der Waals surface area (Å²) in [6, 6.07) is 18.1. The normalized spacial score (nSPS) is 10.4. The maximum atomic E-state index is 12.4. The van der Waals surface area contributed by atoms with Crippen molar-refractivity contribution in [3.8, 4) is 0 Å². The van der Waals surface area contributed by atoms with Crippen molar-refractivity contribution in [3.05, 3.63) is 89.2 Å². The number of amides is 1. The average molecular weight is 345 g/mol. The Morgan fingerprint density at radius 2 is 1.81 bits per heavy atom. The zero-order chi connectivity index (χ0) is 18.4. The summed E-state index contributed by atoms with van der Waals surface area (Å²) in [5.74, 6) is -0.134. The van der Waals surface area contributed by atoms with E-state index in [1.54, 1.807) is 12.4 Å². The van der Waals surface area contributed by atoms with Gasteiger partial charge in [0.1, 0.15) is 0 Å². The zero-order valence-electron chi connectivity index (χ0n) is 15.1. The van der Waals surface area contributed by atoms with Crippen molar-refractivity contribution >= 4 is 17.3 Å². The van der Waals surface area contributed by atoms with Gasteiger partial charge in [-0.15, -0.1) is 0 Å². The molecule has 132 valence electrons. The van der Waals surface area contributed by atoms with E-state index in [1.165, 1.54) is 11.1 Å². The number of anilines is 2. The van der Waals surface area contributed by atoms with E-state index in [1.807, 2.05) is 55.5 Å². The van der Waals surface area contributed by atoms with Crippen LogP contribution in [0.4, 0.5) is 11.4 Å². The van der Waals surface area contributed by atoms with Crippen LogP contribution in [-0.2, 0) is 13.0 Å². The number of hydrogen-bond donors (Lipinski definition) is 2. The van der Waals surface area contributed by atoms with Crippen molar-refractivity contribution in [1.29, 1.82) is 0 Å². The molecule has 1 amide bonds. The van der Waals surface area contributed by atoms with Gasteiger partial charge in [-0.1, -0.05) is 55.0 Å². The van der Waals surface area contributed by atoms with Gasteiger partial charge in [0, 0.05) is 18.4 Å². The highest BCUT2D eigenvalue weighted by Crippen LogP contribution is 2.21. The fraction of sp³-hybridized carbons (Fsp3) is 0.182. The number of nitrogens with zero attached hydrogens (tertiary/aromatic N) is 1. The van der Waals surface area contributed by atoms with Gasteiger partial charge in [-0.2, -0.15) is 0 Å². The molecule has 0 fully saturated rings. The van der Waals surface area contributed by atoms with Crippen molar-refractivity contribution in [2.75, 3.05) is 5.32 Å². The third kappa shape index (κ3) is 4.48. The van der Waals surface area contributed by atoms with Crippen LogP contribution >= 0.6 is 0 Å². The highest BCUT2D eigenvalue weighted by Gasteiger charge is 2.08. The van der Waals surface area contributed by atoms with E-state index in [-0.39, 0.29) is 5.91 Å². The Kier molecular flexibility index (Phi) is 5.64. The average Bonchev–Trinajstić information content (AvgIpc) is 2.68. The molecule has 4 heteroatoms. The van der Waals surface area contributed by atoms with Crippen molar-refractivity contribution in [2.45, 2.75) is 26.8 Å². The summed E-state index contributed by atoms with van der Waals surface area (Å²) in [4.78, 5) is 16.6. The number of carbonyl (C=O) groups is 1. The lowest BCUT2D eigenvalue weighted by molar-refractivity contribution is 0.0950. The number of aromatic nitrogens is 1. The SMILES string of the molecule is CCc1ccccc1Nc1cncc(C(=O)NCc2ccc(C)cc2)c1. The molecule has 0 aliphatic carbocycles. The number of pyridine rings is 1. The summed E-state index contributed by atoms with van der Waals surface area (Å²) < 4.78 is 0. The van der Waals surface area contributed by atoms with Crippen LogP contribution in [-0.4, -0.2) is 10.9 Å². The van der Waals surface area contributed by atoms with Crippen LogP contribution < -0.4 is 10.6 Å². The summed E-state index contributed by atoms with van der Waals surface area (Å²) in [5.41, 5.74) is 5.87. The Labute approximate surface area is 154 Å². The molecule has 1 heterocycles. The van der Waals surface area contributed by atoms with Crippen molar-refractivity contribution in [2.24, 2.45) is 0 Å². The summed E-state index contributed by atoms with van der Waals surface area (Å²) in [6.45, 7) is 4.66. The van der Waals surface area contributed by atoms with Crippen LogP contribution in [0.25, 0.3) is 0 Å². The quantitative estimate of drug-likeness (QED) is 0.685. The first-order chi connectivity index (χ1) is 12.7. The number of benzene rings is 2. The predicted octanol–water partition coefficient (Wildman–Crippen LogP) is 4.63. The van der Waals surface area contributed by atoms with E-state index in [4.69, 9.17) is 0 Å². The Hall–Kier alpha value is -3.14. The number of para-hydroxylation sites is 1. The van der Waals surface area contributed by atoms with E-state index < -0.39 is 0 Å². The van der Waals surface area contributed by atoms with Gasteiger partial charge in [0.15, 0.2) is 0 Å². The molecule has 0 aliphatic rings. The van der Waals surface area contributed by atoms with Crippen LogP contribution in [0.5, 0.6) is 0 Å². The fourth-order valence-electron chi connectivity index (χ4n) is 2.73. The Bertz CT molecular complexity index is 888. The number of hydrogen-bond acceptors (Lipinski definition) is 3. The maximum Gasteiger partial charge on any atom is 0.253 e. The van der Waals surface area contributed by atoms with Crippen LogP contribution in [0.15, 0.2) is 67.0 Å². The van der Waals surface area contributed by atoms with E-state index in [9.17, 15) is 4.79 Å². The lowest BCUT2D eigenvalue weighted by Crippen LogP contribution is -2.23.